The molecular weight excluding hydrogens is 319 g/mol. The van der Waals surface area contributed by atoms with Crippen LogP contribution in [0.5, 0.6) is 5.75 Å². The van der Waals surface area contributed by atoms with Gasteiger partial charge in [-0.2, -0.15) is 0 Å². The zero-order chi connectivity index (χ0) is 17.6. The molecule has 1 atom stereocenters. The molecule has 0 saturated heterocycles. The first-order chi connectivity index (χ1) is 12.1. The van der Waals surface area contributed by atoms with E-state index in [1.807, 2.05) is 29.8 Å². The molecule has 0 aliphatic carbocycles. The summed E-state index contributed by atoms with van der Waals surface area (Å²) >= 11 is 0. The highest BCUT2D eigenvalue weighted by Gasteiger charge is 2.34. The van der Waals surface area contributed by atoms with Gasteiger partial charge in [-0.15, -0.1) is 0 Å². The fraction of sp³-hybridized carbons (Fsp3) is 0.150. The molecule has 0 saturated carbocycles. The number of aromatic hydroxyl groups is 1. The van der Waals surface area contributed by atoms with Crippen LogP contribution in [0.3, 0.4) is 0 Å². The predicted molar refractivity (Wildman–Crippen MR) is 93.7 cm³/mol. The van der Waals surface area contributed by atoms with Gasteiger partial charge in [0, 0.05) is 17.5 Å². The zero-order valence-corrected chi connectivity index (χ0v) is 13.7. The molecule has 4 nitrogen and oxygen atoms in total. The van der Waals surface area contributed by atoms with Crippen molar-refractivity contribution in [2.75, 3.05) is 4.90 Å². The van der Waals surface area contributed by atoms with Crippen LogP contribution in [0.1, 0.15) is 35.4 Å². The minimum atomic E-state index is -0.382. The molecule has 2 aromatic carbocycles. The second kappa shape index (κ2) is 5.77. The number of halogens is 1. The first kappa shape index (κ1) is 15.4. The maximum Gasteiger partial charge on any atom is 0.258 e. The van der Waals surface area contributed by atoms with Crippen molar-refractivity contribution in [3.63, 3.8) is 0 Å². The van der Waals surface area contributed by atoms with Crippen molar-refractivity contribution in [3.05, 3.63) is 77.9 Å². The largest absolute Gasteiger partial charge is 0.508 e. The van der Waals surface area contributed by atoms with Crippen LogP contribution in [0.2, 0.25) is 0 Å². The van der Waals surface area contributed by atoms with Crippen LogP contribution in [-0.4, -0.2) is 15.6 Å². The van der Waals surface area contributed by atoms with E-state index in [-0.39, 0.29) is 23.5 Å². The molecule has 1 amide bonds. The van der Waals surface area contributed by atoms with Crippen LogP contribution in [0.4, 0.5) is 10.1 Å². The SMILES string of the molecule is CC[C@H]1c2cccn2-c2ccc(F)cc2N1C(=O)c1ccc(O)cc1. The minimum Gasteiger partial charge on any atom is -0.508 e. The molecule has 1 aliphatic rings. The molecule has 1 aliphatic heterocycles. The van der Waals surface area contributed by atoms with Crippen LogP contribution < -0.4 is 4.90 Å². The van der Waals surface area contributed by atoms with Crippen LogP contribution in [0.15, 0.2) is 60.8 Å². The number of fused-ring (bicyclic) bond motifs is 3. The van der Waals surface area contributed by atoms with E-state index in [9.17, 15) is 14.3 Å². The van der Waals surface area contributed by atoms with E-state index in [2.05, 4.69) is 0 Å². The minimum absolute atomic E-state index is 0.0996. The Labute approximate surface area is 144 Å². The molecule has 3 aromatic rings. The second-order valence-corrected chi connectivity index (χ2v) is 6.08. The van der Waals surface area contributed by atoms with Gasteiger partial charge in [-0.05, 0) is 61.0 Å². The van der Waals surface area contributed by atoms with Crippen LogP contribution in [0.25, 0.3) is 5.69 Å². The molecule has 0 radical (unpaired) electrons. The Balaban J connectivity index is 1.90. The van der Waals surface area contributed by atoms with E-state index < -0.39 is 0 Å². The summed E-state index contributed by atoms with van der Waals surface area (Å²) in [6, 6.07) is 14.3. The number of rotatable bonds is 2. The van der Waals surface area contributed by atoms with E-state index in [0.717, 1.165) is 11.4 Å². The number of carbonyl (C=O) groups is 1. The molecular formula is C20H17FN2O2. The molecule has 0 bridgehead atoms. The Kier molecular flexibility index (Phi) is 3.57. The average Bonchev–Trinajstić information content (AvgIpc) is 3.10. The van der Waals surface area contributed by atoms with Crippen molar-refractivity contribution in [2.24, 2.45) is 0 Å². The van der Waals surface area contributed by atoms with Crippen molar-refractivity contribution < 1.29 is 14.3 Å². The topological polar surface area (TPSA) is 45.5 Å². The van der Waals surface area contributed by atoms with Gasteiger partial charge in [0.05, 0.1) is 17.4 Å². The van der Waals surface area contributed by atoms with E-state index in [1.165, 1.54) is 24.3 Å². The Morgan fingerprint density at radius 1 is 1.12 bits per heavy atom. The van der Waals surface area contributed by atoms with E-state index in [4.69, 9.17) is 0 Å². The van der Waals surface area contributed by atoms with E-state index in [0.29, 0.717) is 17.7 Å². The fourth-order valence-corrected chi connectivity index (χ4v) is 3.46. The fourth-order valence-electron chi connectivity index (χ4n) is 3.46. The quantitative estimate of drug-likeness (QED) is 0.752. The van der Waals surface area contributed by atoms with Crippen molar-refractivity contribution in [1.82, 2.24) is 4.57 Å². The molecule has 25 heavy (non-hydrogen) atoms. The number of aromatic nitrogens is 1. The summed E-state index contributed by atoms with van der Waals surface area (Å²) in [6.07, 6.45) is 2.63. The van der Waals surface area contributed by atoms with Gasteiger partial charge in [-0.25, -0.2) is 4.39 Å². The number of carbonyl (C=O) groups excluding carboxylic acids is 1. The molecule has 1 N–H and O–H groups in total. The van der Waals surface area contributed by atoms with Gasteiger partial charge in [-0.1, -0.05) is 6.92 Å². The molecule has 0 spiro atoms. The second-order valence-electron chi connectivity index (χ2n) is 6.08. The maximum absolute atomic E-state index is 13.9. The Bertz CT molecular complexity index is 947. The molecule has 1 aromatic heterocycles. The van der Waals surface area contributed by atoms with Gasteiger partial charge in [0.2, 0.25) is 0 Å². The third-order valence-corrected chi connectivity index (χ3v) is 4.61. The molecule has 5 heteroatoms. The summed E-state index contributed by atoms with van der Waals surface area (Å²) in [5.41, 5.74) is 2.77. The van der Waals surface area contributed by atoms with Crippen molar-refractivity contribution in [1.29, 1.82) is 0 Å². The number of phenols is 1. The van der Waals surface area contributed by atoms with E-state index in [1.54, 1.807) is 23.1 Å². The molecule has 126 valence electrons. The number of benzene rings is 2. The van der Waals surface area contributed by atoms with Crippen LogP contribution >= 0.6 is 0 Å². The number of phenolic OH excluding ortho intramolecular Hbond substituents is 1. The zero-order valence-electron chi connectivity index (χ0n) is 13.7. The maximum atomic E-state index is 13.9. The normalized spacial score (nSPS) is 15.6. The Hall–Kier alpha value is -3.08. The molecule has 0 fully saturated rings. The van der Waals surface area contributed by atoms with Crippen LogP contribution in [0, 0.1) is 5.82 Å². The Morgan fingerprint density at radius 2 is 1.88 bits per heavy atom. The summed E-state index contributed by atoms with van der Waals surface area (Å²) < 4.78 is 15.9. The van der Waals surface area contributed by atoms with Gasteiger partial charge >= 0.3 is 0 Å². The average molecular weight is 336 g/mol. The monoisotopic (exact) mass is 336 g/mol. The summed E-state index contributed by atoms with van der Waals surface area (Å²) in [4.78, 5) is 14.9. The smallest absolute Gasteiger partial charge is 0.258 e. The number of hydrogen-bond donors (Lipinski definition) is 1. The summed E-state index contributed by atoms with van der Waals surface area (Å²) in [7, 11) is 0. The van der Waals surface area contributed by atoms with Gasteiger partial charge in [0.15, 0.2) is 0 Å². The van der Waals surface area contributed by atoms with Crippen LogP contribution in [-0.2, 0) is 0 Å². The lowest BCUT2D eigenvalue weighted by Gasteiger charge is -2.38. The van der Waals surface area contributed by atoms with Gasteiger partial charge < -0.3 is 9.67 Å². The van der Waals surface area contributed by atoms with E-state index >= 15 is 0 Å². The van der Waals surface area contributed by atoms with Gasteiger partial charge in [0.25, 0.3) is 5.91 Å². The van der Waals surface area contributed by atoms with Gasteiger partial charge in [-0.3, -0.25) is 9.69 Å². The highest BCUT2D eigenvalue weighted by atomic mass is 19.1. The summed E-state index contributed by atoms with van der Waals surface area (Å²) in [6.45, 7) is 2.00. The number of amides is 1. The van der Waals surface area contributed by atoms with Crippen molar-refractivity contribution in [2.45, 2.75) is 19.4 Å². The van der Waals surface area contributed by atoms with Gasteiger partial charge in [0.1, 0.15) is 11.6 Å². The number of hydrogen-bond acceptors (Lipinski definition) is 2. The lowest BCUT2D eigenvalue weighted by atomic mass is 10.0. The lowest BCUT2D eigenvalue weighted by Crippen LogP contribution is -2.39. The van der Waals surface area contributed by atoms with Crippen molar-refractivity contribution >= 4 is 11.6 Å². The highest BCUT2D eigenvalue weighted by Crippen LogP contribution is 2.41. The first-order valence-electron chi connectivity index (χ1n) is 8.20. The standard InChI is InChI=1S/C20H17FN2O2/c1-2-16-17-4-3-11-22(17)18-10-7-14(21)12-19(18)23(16)20(25)13-5-8-15(24)9-6-13/h3-12,16,24H,2H2,1H3/t16-/m0/s1. The molecule has 4 rings (SSSR count). The summed E-state index contributed by atoms with van der Waals surface area (Å²) in [5, 5.41) is 9.47. The first-order valence-corrected chi connectivity index (χ1v) is 8.20. The molecule has 2 heterocycles. The lowest BCUT2D eigenvalue weighted by molar-refractivity contribution is 0.0973. The molecule has 0 unspecified atom stereocenters. The third kappa shape index (κ3) is 2.39. The Morgan fingerprint density at radius 3 is 2.60 bits per heavy atom. The van der Waals surface area contributed by atoms with Crippen molar-refractivity contribution in [3.8, 4) is 11.4 Å². The highest BCUT2D eigenvalue weighted by molar-refractivity contribution is 6.08. The number of anilines is 1. The summed E-state index contributed by atoms with van der Waals surface area (Å²) in [5.74, 6) is -0.499. The third-order valence-electron chi connectivity index (χ3n) is 4.61. The number of nitrogens with zero attached hydrogens (tertiary/aromatic N) is 2. The predicted octanol–water partition coefficient (Wildman–Crippen LogP) is 4.43.